The lowest BCUT2D eigenvalue weighted by atomic mass is 9.72. The summed E-state index contributed by atoms with van der Waals surface area (Å²) in [6.07, 6.45) is 3.89. The highest BCUT2D eigenvalue weighted by Crippen LogP contribution is 2.41. The van der Waals surface area contributed by atoms with Crippen molar-refractivity contribution in [3.63, 3.8) is 0 Å². The van der Waals surface area contributed by atoms with Crippen molar-refractivity contribution in [2.75, 3.05) is 32.8 Å². The fraction of sp³-hybridized carbons (Fsp3) is 0.667. The molecule has 1 aromatic rings. The molecular weight excluding hydrogens is 378 g/mol. The molecule has 4 rings (SSSR count). The number of piperidine rings is 3. The Hall–Kier alpha value is -2.08. The van der Waals surface area contributed by atoms with Gasteiger partial charge in [-0.15, -0.1) is 0 Å². The topological polar surface area (TPSA) is 61.9 Å². The average Bonchev–Trinajstić information content (AvgIpc) is 2.70. The van der Waals surface area contributed by atoms with Crippen LogP contribution < -0.4 is 10.1 Å². The Morgan fingerprint density at radius 2 is 2.03 bits per heavy atom. The molecule has 30 heavy (non-hydrogen) atoms. The third-order valence-electron chi connectivity index (χ3n) is 7.13. The lowest BCUT2D eigenvalue weighted by Crippen LogP contribution is -2.67. The summed E-state index contributed by atoms with van der Waals surface area (Å²) in [5.74, 6) is 2.17. The number of benzene rings is 1. The van der Waals surface area contributed by atoms with Crippen molar-refractivity contribution in [2.45, 2.75) is 58.5 Å². The minimum atomic E-state index is -0.0207. The summed E-state index contributed by atoms with van der Waals surface area (Å²) in [6.45, 7) is 9.89. The van der Waals surface area contributed by atoms with Crippen LogP contribution in [0, 0.1) is 25.7 Å². The van der Waals surface area contributed by atoms with Gasteiger partial charge in [0.1, 0.15) is 12.4 Å². The largest absolute Gasteiger partial charge is 0.492 e. The van der Waals surface area contributed by atoms with Gasteiger partial charge in [-0.05, 0) is 56.6 Å². The quantitative estimate of drug-likeness (QED) is 0.779. The maximum Gasteiger partial charge on any atom is 0.223 e. The number of hydrogen-bond acceptors (Lipinski definition) is 4. The number of ether oxygens (including phenoxy) is 1. The summed E-state index contributed by atoms with van der Waals surface area (Å²) >= 11 is 0. The van der Waals surface area contributed by atoms with Crippen LogP contribution in [0.5, 0.6) is 5.75 Å². The third-order valence-corrected chi connectivity index (χ3v) is 7.13. The molecule has 3 heterocycles. The first-order valence-electron chi connectivity index (χ1n) is 11.4. The molecule has 6 nitrogen and oxygen atoms in total. The number of nitrogens with one attached hydrogen (secondary N) is 1. The van der Waals surface area contributed by atoms with E-state index in [1.807, 2.05) is 0 Å². The van der Waals surface area contributed by atoms with Crippen molar-refractivity contribution in [3.8, 4) is 5.75 Å². The molecule has 3 fully saturated rings. The van der Waals surface area contributed by atoms with E-state index in [9.17, 15) is 9.59 Å². The standard InChI is InChI=1S/C24H35N3O3/c1-16-7-8-23(17(2)11-16)30-10-9-26-14-19-12-20(15-26)22(13-25-18(3)28)27-21(19)5-4-6-24(27)29/h7-8,11,19-22H,4-6,9-10,12-15H2,1-3H3,(H,25,28)/t19-,20+,21+,22+/m1/s1. The van der Waals surface area contributed by atoms with E-state index in [2.05, 4.69) is 47.2 Å². The monoisotopic (exact) mass is 413 g/mol. The van der Waals surface area contributed by atoms with Crippen molar-refractivity contribution in [1.29, 1.82) is 0 Å². The van der Waals surface area contributed by atoms with E-state index >= 15 is 0 Å². The molecule has 2 bridgehead atoms. The van der Waals surface area contributed by atoms with Crippen LogP contribution in [0.4, 0.5) is 0 Å². The van der Waals surface area contributed by atoms with E-state index in [4.69, 9.17) is 4.74 Å². The van der Waals surface area contributed by atoms with Crippen LogP contribution in [-0.2, 0) is 9.59 Å². The van der Waals surface area contributed by atoms with Gasteiger partial charge in [0.05, 0.1) is 6.04 Å². The summed E-state index contributed by atoms with van der Waals surface area (Å²) in [5.41, 5.74) is 2.43. The Kier molecular flexibility index (Phi) is 6.32. The summed E-state index contributed by atoms with van der Waals surface area (Å²) in [7, 11) is 0. The van der Waals surface area contributed by atoms with Crippen molar-refractivity contribution < 1.29 is 14.3 Å². The number of rotatable bonds is 6. The van der Waals surface area contributed by atoms with Crippen LogP contribution in [0.1, 0.15) is 43.7 Å². The molecule has 2 amide bonds. The van der Waals surface area contributed by atoms with Gasteiger partial charge < -0.3 is 15.0 Å². The Labute approximate surface area is 179 Å². The first-order chi connectivity index (χ1) is 14.4. The van der Waals surface area contributed by atoms with Gasteiger partial charge in [0, 0.05) is 45.6 Å². The first-order valence-corrected chi connectivity index (χ1v) is 11.4. The van der Waals surface area contributed by atoms with Crippen molar-refractivity contribution in [1.82, 2.24) is 15.1 Å². The average molecular weight is 414 g/mol. The van der Waals surface area contributed by atoms with Gasteiger partial charge in [-0.2, -0.15) is 0 Å². The highest BCUT2D eigenvalue weighted by atomic mass is 16.5. The van der Waals surface area contributed by atoms with E-state index in [0.29, 0.717) is 37.5 Å². The van der Waals surface area contributed by atoms with Gasteiger partial charge in [-0.1, -0.05) is 17.7 Å². The summed E-state index contributed by atoms with van der Waals surface area (Å²) in [5, 5.41) is 2.99. The van der Waals surface area contributed by atoms with Crippen LogP contribution in [0.3, 0.4) is 0 Å². The second kappa shape index (κ2) is 8.96. The third kappa shape index (κ3) is 4.48. The molecule has 0 radical (unpaired) electrons. The Bertz CT molecular complexity index is 796. The SMILES string of the molecule is CC(=O)NC[C@H]1[C@H]2C[C@H](CN(CCOc3ccc(C)cc3C)C2)[C@@H]2CCCC(=O)N21. The highest BCUT2D eigenvalue weighted by molar-refractivity contribution is 5.78. The molecule has 3 saturated heterocycles. The van der Waals surface area contributed by atoms with E-state index < -0.39 is 0 Å². The Balaban J connectivity index is 1.41. The zero-order chi connectivity index (χ0) is 21.3. The van der Waals surface area contributed by atoms with E-state index in [1.54, 1.807) is 6.92 Å². The zero-order valence-electron chi connectivity index (χ0n) is 18.5. The molecule has 0 aliphatic carbocycles. The predicted molar refractivity (Wildman–Crippen MR) is 116 cm³/mol. The number of fused-ring (bicyclic) bond motifs is 4. The summed E-state index contributed by atoms with van der Waals surface area (Å²) in [6, 6.07) is 6.75. The van der Waals surface area contributed by atoms with E-state index in [0.717, 1.165) is 44.6 Å². The maximum absolute atomic E-state index is 12.8. The summed E-state index contributed by atoms with van der Waals surface area (Å²) < 4.78 is 6.08. The van der Waals surface area contributed by atoms with Gasteiger partial charge in [-0.3, -0.25) is 14.5 Å². The number of nitrogens with zero attached hydrogens (tertiary/aromatic N) is 2. The van der Waals surface area contributed by atoms with Crippen LogP contribution in [0.25, 0.3) is 0 Å². The molecule has 3 aliphatic heterocycles. The Morgan fingerprint density at radius 3 is 2.80 bits per heavy atom. The number of carbonyl (C=O) groups is 2. The normalized spacial score (nSPS) is 28.8. The number of hydrogen-bond donors (Lipinski definition) is 1. The molecule has 4 atom stereocenters. The predicted octanol–water partition coefficient (Wildman–Crippen LogP) is 2.52. The number of aryl methyl sites for hydroxylation is 2. The molecule has 6 heteroatoms. The van der Waals surface area contributed by atoms with E-state index in [1.165, 1.54) is 11.1 Å². The van der Waals surface area contributed by atoms with E-state index in [-0.39, 0.29) is 17.9 Å². The van der Waals surface area contributed by atoms with Crippen molar-refractivity contribution >= 4 is 11.8 Å². The highest BCUT2D eigenvalue weighted by Gasteiger charge is 2.49. The van der Waals surface area contributed by atoms with Gasteiger partial charge in [0.25, 0.3) is 0 Å². The minimum Gasteiger partial charge on any atom is -0.492 e. The summed E-state index contributed by atoms with van der Waals surface area (Å²) in [4.78, 5) is 29.0. The molecule has 164 valence electrons. The molecule has 1 aromatic carbocycles. The maximum atomic E-state index is 12.8. The van der Waals surface area contributed by atoms with Gasteiger partial charge in [0.2, 0.25) is 11.8 Å². The van der Waals surface area contributed by atoms with Crippen molar-refractivity contribution in [3.05, 3.63) is 29.3 Å². The second-order valence-corrected chi connectivity index (χ2v) is 9.40. The molecule has 1 N–H and O–H groups in total. The van der Waals surface area contributed by atoms with Crippen LogP contribution in [-0.4, -0.2) is 66.5 Å². The van der Waals surface area contributed by atoms with Crippen LogP contribution in [0.15, 0.2) is 18.2 Å². The smallest absolute Gasteiger partial charge is 0.223 e. The van der Waals surface area contributed by atoms with Gasteiger partial charge in [-0.25, -0.2) is 0 Å². The first kappa shape index (κ1) is 21.2. The lowest BCUT2D eigenvalue weighted by Gasteiger charge is -2.56. The molecule has 0 aromatic heterocycles. The zero-order valence-corrected chi connectivity index (χ0v) is 18.5. The second-order valence-electron chi connectivity index (χ2n) is 9.40. The van der Waals surface area contributed by atoms with Crippen LogP contribution >= 0.6 is 0 Å². The van der Waals surface area contributed by atoms with Crippen molar-refractivity contribution in [2.24, 2.45) is 11.8 Å². The molecule has 0 saturated carbocycles. The minimum absolute atomic E-state index is 0.0207. The molecule has 3 aliphatic rings. The fourth-order valence-corrected chi connectivity index (χ4v) is 5.81. The lowest BCUT2D eigenvalue weighted by molar-refractivity contribution is -0.153. The Morgan fingerprint density at radius 1 is 1.23 bits per heavy atom. The number of likely N-dealkylation sites (tertiary alicyclic amines) is 1. The fourth-order valence-electron chi connectivity index (χ4n) is 5.81. The molecule has 0 spiro atoms. The molecule has 0 unspecified atom stereocenters. The van der Waals surface area contributed by atoms with Gasteiger partial charge in [0.15, 0.2) is 0 Å². The van der Waals surface area contributed by atoms with Crippen LogP contribution in [0.2, 0.25) is 0 Å². The number of amides is 2. The molecular formula is C24H35N3O3. The number of carbonyl (C=O) groups excluding carboxylic acids is 2. The van der Waals surface area contributed by atoms with Gasteiger partial charge >= 0.3 is 0 Å².